The highest BCUT2D eigenvalue weighted by molar-refractivity contribution is 5.95. The van der Waals surface area contributed by atoms with E-state index in [1.807, 2.05) is 40.1 Å². The molecule has 0 radical (unpaired) electrons. The SMILES string of the molecule is COC(=O)NC(=O)[C@H](C1C[C@@H](C)O[C@H](C)C1)N1[C@@H](C)CC[C@H]1c1ncc(-c2ccc(-c3ccc(-c4cnc([C@@H]5CC[C@H](C)N5[C@H](C(=O)NC(=O)OC)C5C[C@@H](C)O[C@H](C)C5)[nH]4)cc3)cc2)[nH]1. The number of aromatic nitrogens is 4. The van der Waals surface area contributed by atoms with Crippen LogP contribution < -0.4 is 10.6 Å². The van der Waals surface area contributed by atoms with Gasteiger partial charge in [0.25, 0.3) is 0 Å². The van der Waals surface area contributed by atoms with E-state index < -0.39 is 24.3 Å². The third-order valence-corrected chi connectivity index (χ3v) is 14.4. The molecule has 4 aromatic rings. The molecule has 4 fully saturated rings. The molecule has 16 heteroatoms. The lowest BCUT2D eigenvalue weighted by Crippen LogP contribution is -2.56. The number of aromatic amines is 2. The monoisotopic (exact) mass is 907 g/mol. The summed E-state index contributed by atoms with van der Waals surface area (Å²) in [4.78, 5) is 73.6. The van der Waals surface area contributed by atoms with Crippen LogP contribution in [0.2, 0.25) is 0 Å². The Morgan fingerprint density at radius 1 is 0.561 bits per heavy atom. The van der Waals surface area contributed by atoms with Gasteiger partial charge in [-0.3, -0.25) is 30.0 Å². The summed E-state index contributed by atoms with van der Waals surface area (Å²) in [6.45, 7) is 12.4. The Bertz CT molecular complexity index is 2150. The summed E-state index contributed by atoms with van der Waals surface area (Å²) in [5.41, 5.74) is 5.87. The average Bonchev–Trinajstić information content (AvgIpc) is 4.12. The zero-order valence-corrected chi connectivity index (χ0v) is 39.4. The fourth-order valence-corrected chi connectivity index (χ4v) is 11.6. The summed E-state index contributed by atoms with van der Waals surface area (Å²) < 4.78 is 21.7. The van der Waals surface area contributed by atoms with Crippen LogP contribution in [0.15, 0.2) is 60.9 Å². The first-order valence-corrected chi connectivity index (χ1v) is 23.7. The molecule has 354 valence electrons. The molecule has 4 aliphatic rings. The van der Waals surface area contributed by atoms with E-state index in [4.69, 9.17) is 28.9 Å². The molecule has 0 unspecified atom stereocenters. The largest absolute Gasteiger partial charge is 0.453 e. The zero-order chi connectivity index (χ0) is 46.8. The van der Waals surface area contributed by atoms with Crippen molar-refractivity contribution in [1.82, 2.24) is 40.4 Å². The van der Waals surface area contributed by atoms with Gasteiger partial charge in [0.1, 0.15) is 11.6 Å². The lowest BCUT2D eigenvalue weighted by Gasteiger charge is -2.42. The van der Waals surface area contributed by atoms with E-state index in [-0.39, 0.29) is 72.2 Å². The van der Waals surface area contributed by atoms with Crippen molar-refractivity contribution in [3.05, 3.63) is 72.6 Å². The second-order valence-corrected chi connectivity index (χ2v) is 19.1. The first-order valence-electron chi connectivity index (χ1n) is 23.7. The molecule has 0 saturated carbocycles. The number of alkyl carbamates (subject to hydrolysis) is 2. The first kappa shape index (κ1) is 47.1. The predicted octanol–water partition coefficient (Wildman–Crippen LogP) is 8.09. The number of likely N-dealkylation sites (tertiary alicyclic amines) is 2. The molecule has 4 aliphatic heterocycles. The Balaban J connectivity index is 0.963. The summed E-state index contributed by atoms with van der Waals surface area (Å²) in [6, 6.07) is 15.6. The Kier molecular flexibility index (Phi) is 14.4. The summed E-state index contributed by atoms with van der Waals surface area (Å²) in [5, 5.41) is 4.96. The molecule has 4 saturated heterocycles. The summed E-state index contributed by atoms with van der Waals surface area (Å²) >= 11 is 0. The van der Waals surface area contributed by atoms with Crippen LogP contribution in [0.1, 0.15) is 117 Å². The van der Waals surface area contributed by atoms with E-state index in [9.17, 15) is 19.2 Å². The normalized spacial score (nSPS) is 29.2. The molecule has 0 spiro atoms. The van der Waals surface area contributed by atoms with E-state index in [1.165, 1.54) is 14.2 Å². The van der Waals surface area contributed by atoms with Crippen molar-refractivity contribution in [2.24, 2.45) is 11.8 Å². The number of H-pyrrole nitrogens is 2. The van der Waals surface area contributed by atoms with Gasteiger partial charge in [-0.05, 0) is 127 Å². The summed E-state index contributed by atoms with van der Waals surface area (Å²) in [5.74, 6) is 0.857. The van der Waals surface area contributed by atoms with Crippen molar-refractivity contribution in [1.29, 1.82) is 0 Å². The molecule has 6 heterocycles. The van der Waals surface area contributed by atoms with E-state index in [0.717, 1.165) is 71.0 Å². The van der Waals surface area contributed by atoms with Crippen molar-refractivity contribution in [2.75, 3.05) is 14.2 Å². The number of imide groups is 2. The Morgan fingerprint density at radius 2 is 0.894 bits per heavy atom. The second-order valence-electron chi connectivity index (χ2n) is 19.1. The number of ether oxygens (including phenoxy) is 4. The highest BCUT2D eigenvalue weighted by atomic mass is 16.5. The number of amides is 4. The number of imidazole rings is 2. The Morgan fingerprint density at radius 3 is 1.23 bits per heavy atom. The molecule has 16 nitrogen and oxygen atoms in total. The van der Waals surface area contributed by atoms with E-state index in [0.29, 0.717) is 25.7 Å². The van der Waals surface area contributed by atoms with Crippen LogP contribution in [0.25, 0.3) is 33.6 Å². The number of carbonyl (C=O) groups excluding carboxylic acids is 4. The van der Waals surface area contributed by atoms with Crippen molar-refractivity contribution in [3.63, 3.8) is 0 Å². The molecule has 8 rings (SSSR count). The fourth-order valence-electron chi connectivity index (χ4n) is 11.6. The lowest BCUT2D eigenvalue weighted by molar-refractivity contribution is -0.135. The molecular weight excluding hydrogens is 841 g/mol. The maximum absolute atomic E-state index is 13.8. The van der Waals surface area contributed by atoms with Gasteiger partial charge >= 0.3 is 12.2 Å². The van der Waals surface area contributed by atoms with Gasteiger partial charge in [0.05, 0.1) is 86.6 Å². The number of rotatable bonds is 11. The highest BCUT2D eigenvalue weighted by Crippen LogP contribution is 2.44. The quantitative estimate of drug-likeness (QED) is 0.113. The standard InChI is InChI=1S/C50H66N8O8/c1-27-9-19-41(57(27)43(47(59)55-49(61)63-7)37-21-29(3)65-30(4)22-37)45-51-25-39(53-45)35-15-11-33(12-16-35)34-13-17-36(18-14-34)40-26-52-46(54-40)42-20-10-28(2)58(42)44(48(60)56-50(62)64-8)38-23-31(5)66-32(6)24-38/h11-18,25-32,37-38,41-44H,9-10,19-24H2,1-8H3,(H,51,53)(H,52,54)(H,55,59,61)(H,56,60,62)/t27-,28-,29+,30+,31+,32+,41-,42-,43-,44-/m0/s1. The molecule has 0 bridgehead atoms. The number of nitrogens with zero attached hydrogens (tertiary/aromatic N) is 4. The Labute approximate surface area is 387 Å². The Hall–Kier alpha value is -5.42. The molecule has 4 amide bonds. The number of hydrogen-bond acceptors (Lipinski definition) is 12. The van der Waals surface area contributed by atoms with Crippen LogP contribution in [0.3, 0.4) is 0 Å². The van der Waals surface area contributed by atoms with Gasteiger partial charge < -0.3 is 28.9 Å². The molecule has 4 N–H and O–H groups in total. The van der Waals surface area contributed by atoms with Crippen LogP contribution in [0.5, 0.6) is 0 Å². The van der Waals surface area contributed by atoms with Gasteiger partial charge in [-0.1, -0.05) is 48.5 Å². The third-order valence-electron chi connectivity index (χ3n) is 14.4. The molecule has 2 aromatic carbocycles. The maximum atomic E-state index is 13.8. The predicted molar refractivity (Wildman–Crippen MR) is 248 cm³/mol. The van der Waals surface area contributed by atoms with Crippen LogP contribution in [0.4, 0.5) is 9.59 Å². The molecule has 66 heavy (non-hydrogen) atoms. The van der Waals surface area contributed by atoms with Gasteiger partial charge in [0.2, 0.25) is 11.8 Å². The van der Waals surface area contributed by atoms with E-state index in [2.05, 4.69) is 92.8 Å². The van der Waals surface area contributed by atoms with Gasteiger partial charge in [-0.2, -0.15) is 0 Å². The number of hydrogen-bond donors (Lipinski definition) is 4. The second kappa shape index (κ2) is 20.2. The number of benzene rings is 2. The molecule has 10 atom stereocenters. The average molecular weight is 907 g/mol. The van der Waals surface area contributed by atoms with Crippen LogP contribution in [-0.4, -0.2) is 117 Å². The summed E-state index contributed by atoms with van der Waals surface area (Å²) in [6.07, 6.45) is 8.45. The molecule has 0 aliphatic carbocycles. The molecular formula is C50H66N8O8. The van der Waals surface area contributed by atoms with Crippen molar-refractivity contribution in [2.45, 2.75) is 154 Å². The zero-order valence-electron chi connectivity index (χ0n) is 39.4. The van der Waals surface area contributed by atoms with Crippen molar-refractivity contribution >= 4 is 24.0 Å². The summed E-state index contributed by atoms with van der Waals surface area (Å²) in [7, 11) is 2.53. The van der Waals surface area contributed by atoms with E-state index >= 15 is 0 Å². The van der Waals surface area contributed by atoms with Crippen molar-refractivity contribution < 1.29 is 38.1 Å². The molecule has 2 aromatic heterocycles. The number of carbonyl (C=O) groups is 4. The van der Waals surface area contributed by atoms with Crippen LogP contribution in [0, 0.1) is 11.8 Å². The first-order chi connectivity index (χ1) is 31.7. The van der Waals surface area contributed by atoms with Crippen molar-refractivity contribution in [3.8, 4) is 33.6 Å². The highest BCUT2D eigenvalue weighted by Gasteiger charge is 2.48. The number of methoxy groups -OCH3 is 2. The minimum Gasteiger partial charge on any atom is -0.453 e. The minimum absolute atomic E-state index is 0.00263. The smallest absolute Gasteiger partial charge is 0.413 e. The minimum atomic E-state index is -0.761. The van der Waals surface area contributed by atoms with E-state index in [1.54, 1.807) is 0 Å². The maximum Gasteiger partial charge on any atom is 0.413 e. The van der Waals surface area contributed by atoms with Crippen LogP contribution in [-0.2, 0) is 28.5 Å². The van der Waals surface area contributed by atoms with Gasteiger partial charge in [-0.25, -0.2) is 19.6 Å². The third kappa shape index (κ3) is 10.1. The van der Waals surface area contributed by atoms with Gasteiger partial charge in [0.15, 0.2) is 0 Å². The lowest BCUT2D eigenvalue weighted by atomic mass is 9.84. The van der Waals surface area contributed by atoms with Gasteiger partial charge in [-0.15, -0.1) is 0 Å². The van der Waals surface area contributed by atoms with Gasteiger partial charge in [0, 0.05) is 12.1 Å². The number of nitrogens with one attached hydrogen (secondary N) is 4. The fraction of sp³-hybridized carbons (Fsp3) is 0.560. The topological polar surface area (TPSA) is 193 Å². The van der Waals surface area contributed by atoms with Crippen LogP contribution >= 0.6 is 0 Å².